The van der Waals surface area contributed by atoms with Gasteiger partial charge in [-0.05, 0) is 12.0 Å². The van der Waals surface area contributed by atoms with Crippen LogP contribution in [0.3, 0.4) is 0 Å². The number of nitrogens with one attached hydrogen (secondary N) is 1. The van der Waals surface area contributed by atoms with E-state index in [1.165, 1.54) is 5.56 Å². The van der Waals surface area contributed by atoms with Crippen molar-refractivity contribution in [2.75, 3.05) is 31.1 Å². The molecule has 1 unspecified atom stereocenters. The predicted molar refractivity (Wildman–Crippen MR) is 81.8 cm³/mol. The number of hydrogen-bond acceptors (Lipinski definition) is 2. The number of carbonyl (C=O) groups excluding carboxylic acids is 1. The molecule has 1 N–H and O–H groups in total. The smallest absolute Gasteiger partial charge is 0.317 e. The van der Waals surface area contributed by atoms with Crippen molar-refractivity contribution in [2.45, 2.75) is 19.3 Å². The van der Waals surface area contributed by atoms with Crippen LogP contribution in [0, 0.1) is 0 Å². The van der Waals surface area contributed by atoms with Gasteiger partial charge in [0, 0.05) is 37.1 Å². The highest BCUT2D eigenvalue weighted by Crippen LogP contribution is 2.18. The molecule has 0 saturated carbocycles. The van der Waals surface area contributed by atoms with Gasteiger partial charge < -0.3 is 10.2 Å². The third-order valence-electron chi connectivity index (χ3n) is 3.56. The van der Waals surface area contributed by atoms with Gasteiger partial charge in [0.25, 0.3) is 0 Å². The molecule has 1 fully saturated rings. The molecular weight excluding hydrogens is 256 g/mol. The van der Waals surface area contributed by atoms with Crippen LogP contribution in [-0.2, 0) is 0 Å². The summed E-state index contributed by atoms with van der Waals surface area (Å²) in [5.74, 6) is 2.52. The van der Waals surface area contributed by atoms with Gasteiger partial charge in [-0.1, -0.05) is 37.3 Å². The van der Waals surface area contributed by atoms with E-state index in [2.05, 4.69) is 36.5 Å². The molecule has 0 aliphatic carbocycles. The molecule has 0 radical (unpaired) electrons. The first-order valence-corrected chi connectivity index (χ1v) is 8.12. The van der Waals surface area contributed by atoms with Crippen molar-refractivity contribution in [1.29, 1.82) is 0 Å². The third kappa shape index (κ3) is 4.16. The van der Waals surface area contributed by atoms with Gasteiger partial charge in [0.1, 0.15) is 0 Å². The molecule has 0 spiro atoms. The molecule has 2 amide bonds. The van der Waals surface area contributed by atoms with Crippen molar-refractivity contribution in [3.8, 4) is 0 Å². The second-order valence-corrected chi connectivity index (χ2v) is 6.03. The van der Waals surface area contributed by atoms with Crippen molar-refractivity contribution in [3.63, 3.8) is 0 Å². The highest BCUT2D eigenvalue weighted by molar-refractivity contribution is 7.99. The number of amides is 2. The Labute approximate surface area is 119 Å². The normalized spacial score (nSPS) is 17.0. The van der Waals surface area contributed by atoms with Gasteiger partial charge in [-0.3, -0.25) is 0 Å². The van der Waals surface area contributed by atoms with Gasteiger partial charge in [0.15, 0.2) is 0 Å². The summed E-state index contributed by atoms with van der Waals surface area (Å²) in [6.45, 7) is 4.64. The molecule has 1 aliphatic heterocycles. The first-order chi connectivity index (χ1) is 9.31. The average Bonchev–Trinajstić information content (AvgIpc) is 2.49. The van der Waals surface area contributed by atoms with E-state index in [1.807, 2.05) is 22.7 Å². The number of benzene rings is 1. The predicted octanol–water partition coefficient (Wildman–Crippen LogP) is 2.94. The second-order valence-electron chi connectivity index (χ2n) is 4.80. The maximum atomic E-state index is 12.1. The number of hydrogen-bond donors (Lipinski definition) is 1. The molecule has 2 rings (SSSR count). The zero-order valence-electron chi connectivity index (χ0n) is 11.5. The van der Waals surface area contributed by atoms with Crippen LogP contribution in [0.5, 0.6) is 0 Å². The summed E-state index contributed by atoms with van der Waals surface area (Å²) in [7, 11) is 0. The Balaban J connectivity index is 1.84. The third-order valence-corrected chi connectivity index (χ3v) is 4.50. The van der Waals surface area contributed by atoms with Crippen molar-refractivity contribution < 1.29 is 4.79 Å². The maximum Gasteiger partial charge on any atom is 0.317 e. The van der Waals surface area contributed by atoms with Crippen LogP contribution in [0.25, 0.3) is 0 Å². The van der Waals surface area contributed by atoms with Gasteiger partial charge in [-0.2, -0.15) is 11.8 Å². The first-order valence-electron chi connectivity index (χ1n) is 6.96. The molecule has 1 atom stereocenters. The molecule has 1 aliphatic rings. The number of carbonyl (C=O) groups is 1. The molecule has 19 heavy (non-hydrogen) atoms. The molecule has 4 heteroatoms. The minimum absolute atomic E-state index is 0.0923. The van der Waals surface area contributed by atoms with Gasteiger partial charge in [0.05, 0.1) is 0 Å². The van der Waals surface area contributed by atoms with E-state index in [0.717, 1.165) is 37.6 Å². The molecule has 1 heterocycles. The highest BCUT2D eigenvalue weighted by Gasteiger charge is 2.17. The van der Waals surface area contributed by atoms with Crippen LogP contribution in [0.2, 0.25) is 0 Å². The Bertz CT molecular complexity index is 390. The van der Waals surface area contributed by atoms with E-state index in [-0.39, 0.29) is 6.03 Å². The fourth-order valence-electron chi connectivity index (χ4n) is 2.31. The quantitative estimate of drug-likeness (QED) is 0.918. The summed E-state index contributed by atoms with van der Waals surface area (Å²) in [4.78, 5) is 14.0. The summed E-state index contributed by atoms with van der Waals surface area (Å²) in [5, 5.41) is 3.08. The standard InChI is InChI=1S/C15H22N2OS/c1-2-13(14-6-4-3-5-7-14)12-16-15(18)17-8-10-19-11-9-17/h3-7,13H,2,8-12H2,1H3,(H,16,18). The average molecular weight is 278 g/mol. The Morgan fingerprint density at radius 1 is 1.32 bits per heavy atom. The Morgan fingerprint density at radius 2 is 2.00 bits per heavy atom. The lowest BCUT2D eigenvalue weighted by Crippen LogP contribution is -2.45. The number of nitrogens with zero attached hydrogens (tertiary/aromatic N) is 1. The van der Waals surface area contributed by atoms with Crippen LogP contribution in [0.15, 0.2) is 30.3 Å². The summed E-state index contributed by atoms with van der Waals surface area (Å²) >= 11 is 1.92. The Hall–Kier alpha value is -1.16. The number of urea groups is 1. The molecule has 1 aromatic carbocycles. The molecule has 1 saturated heterocycles. The van der Waals surface area contributed by atoms with Crippen LogP contribution in [0.1, 0.15) is 24.8 Å². The molecule has 1 aromatic rings. The van der Waals surface area contributed by atoms with E-state index in [4.69, 9.17) is 0 Å². The molecule has 3 nitrogen and oxygen atoms in total. The summed E-state index contributed by atoms with van der Waals surface area (Å²) in [5.41, 5.74) is 1.31. The van der Waals surface area contributed by atoms with Crippen molar-refractivity contribution in [3.05, 3.63) is 35.9 Å². The van der Waals surface area contributed by atoms with Gasteiger partial charge in [-0.15, -0.1) is 0 Å². The van der Waals surface area contributed by atoms with E-state index in [1.54, 1.807) is 0 Å². The Kier molecular flexibility index (Phi) is 5.58. The van der Waals surface area contributed by atoms with Gasteiger partial charge >= 0.3 is 6.03 Å². The topological polar surface area (TPSA) is 32.3 Å². The van der Waals surface area contributed by atoms with Crippen LogP contribution < -0.4 is 5.32 Å². The van der Waals surface area contributed by atoms with Crippen molar-refractivity contribution >= 4 is 17.8 Å². The highest BCUT2D eigenvalue weighted by atomic mass is 32.2. The summed E-state index contributed by atoms with van der Waals surface area (Å²) in [6.07, 6.45) is 1.04. The minimum Gasteiger partial charge on any atom is -0.337 e. The number of thioether (sulfide) groups is 1. The second kappa shape index (κ2) is 7.43. The van der Waals surface area contributed by atoms with Crippen LogP contribution in [0.4, 0.5) is 4.79 Å². The van der Waals surface area contributed by atoms with Gasteiger partial charge in [-0.25, -0.2) is 4.79 Å². The van der Waals surface area contributed by atoms with Crippen molar-refractivity contribution in [1.82, 2.24) is 10.2 Å². The zero-order chi connectivity index (χ0) is 13.5. The van der Waals surface area contributed by atoms with Crippen LogP contribution in [-0.4, -0.2) is 42.1 Å². The molecule has 104 valence electrons. The fraction of sp³-hybridized carbons (Fsp3) is 0.533. The lowest BCUT2D eigenvalue weighted by atomic mass is 9.97. The van der Waals surface area contributed by atoms with E-state index >= 15 is 0 Å². The molecule has 0 bridgehead atoms. The Morgan fingerprint density at radius 3 is 2.63 bits per heavy atom. The fourth-order valence-corrected chi connectivity index (χ4v) is 3.21. The lowest BCUT2D eigenvalue weighted by molar-refractivity contribution is 0.202. The summed E-state index contributed by atoms with van der Waals surface area (Å²) in [6, 6.07) is 10.5. The lowest BCUT2D eigenvalue weighted by Gasteiger charge is -2.27. The molecular formula is C15H22N2OS. The first kappa shape index (κ1) is 14.3. The zero-order valence-corrected chi connectivity index (χ0v) is 12.3. The monoisotopic (exact) mass is 278 g/mol. The van der Waals surface area contributed by atoms with Crippen molar-refractivity contribution in [2.24, 2.45) is 0 Å². The largest absolute Gasteiger partial charge is 0.337 e. The number of rotatable bonds is 4. The summed E-state index contributed by atoms with van der Waals surface area (Å²) < 4.78 is 0. The van der Waals surface area contributed by atoms with E-state index < -0.39 is 0 Å². The SMILES string of the molecule is CCC(CNC(=O)N1CCSCC1)c1ccccc1. The minimum atomic E-state index is 0.0923. The van der Waals surface area contributed by atoms with Gasteiger partial charge in [0.2, 0.25) is 0 Å². The molecule has 0 aromatic heterocycles. The van der Waals surface area contributed by atoms with Crippen LogP contribution >= 0.6 is 11.8 Å². The van der Waals surface area contributed by atoms with E-state index in [9.17, 15) is 4.79 Å². The van der Waals surface area contributed by atoms with E-state index in [0.29, 0.717) is 5.92 Å². The maximum absolute atomic E-state index is 12.1.